The van der Waals surface area contributed by atoms with Crippen LogP contribution in [0.5, 0.6) is 0 Å². The fraction of sp³-hybridized carbons (Fsp3) is 0.833. The average Bonchev–Trinajstić information content (AvgIpc) is 2.23. The van der Waals surface area contributed by atoms with Crippen LogP contribution in [0.3, 0.4) is 0 Å². The van der Waals surface area contributed by atoms with Crippen LogP contribution in [0.2, 0.25) is 0 Å². The molecule has 0 fully saturated rings. The van der Waals surface area contributed by atoms with Gasteiger partial charge < -0.3 is 10.2 Å². The standard InChI is InChI=1S/C12H24N2O2/c1-5-6-7-14(12(16)8-13-4)9-11(15)10(2)3/h10,13H,5-9H2,1-4H3. The minimum atomic E-state index is -0.00786. The van der Waals surface area contributed by atoms with Gasteiger partial charge in [-0.3, -0.25) is 9.59 Å². The summed E-state index contributed by atoms with van der Waals surface area (Å²) in [5, 5.41) is 2.82. The first-order valence-electron chi connectivity index (χ1n) is 5.98. The van der Waals surface area contributed by atoms with Gasteiger partial charge in [0.2, 0.25) is 5.91 Å². The maximum Gasteiger partial charge on any atom is 0.236 e. The summed E-state index contributed by atoms with van der Waals surface area (Å²) in [6, 6.07) is 0. The van der Waals surface area contributed by atoms with Crippen molar-refractivity contribution in [1.82, 2.24) is 10.2 Å². The van der Waals surface area contributed by atoms with Gasteiger partial charge in [0.1, 0.15) is 0 Å². The van der Waals surface area contributed by atoms with E-state index < -0.39 is 0 Å². The topological polar surface area (TPSA) is 49.4 Å². The highest BCUT2D eigenvalue weighted by Crippen LogP contribution is 2.01. The summed E-state index contributed by atoms with van der Waals surface area (Å²) in [5.41, 5.74) is 0. The lowest BCUT2D eigenvalue weighted by molar-refractivity contribution is -0.135. The van der Waals surface area contributed by atoms with Crippen LogP contribution in [0, 0.1) is 5.92 Å². The van der Waals surface area contributed by atoms with Crippen molar-refractivity contribution in [1.29, 1.82) is 0 Å². The Hall–Kier alpha value is -0.900. The maximum atomic E-state index is 11.7. The lowest BCUT2D eigenvalue weighted by Crippen LogP contribution is -2.41. The summed E-state index contributed by atoms with van der Waals surface area (Å²) >= 11 is 0. The minimum Gasteiger partial charge on any atom is -0.334 e. The molecule has 0 atom stereocenters. The summed E-state index contributed by atoms with van der Waals surface area (Å²) in [5.74, 6) is 0.122. The first-order valence-corrected chi connectivity index (χ1v) is 5.98. The molecule has 1 amide bonds. The molecule has 0 saturated heterocycles. The van der Waals surface area contributed by atoms with Crippen LogP contribution in [0.15, 0.2) is 0 Å². The molecule has 0 heterocycles. The number of unbranched alkanes of at least 4 members (excludes halogenated alkanes) is 1. The molecule has 4 heteroatoms. The first-order chi connectivity index (χ1) is 7.52. The van der Waals surface area contributed by atoms with E-state index in [1.807, 2.05) is 13.8 Å². The molecule has 16 heavy (non-hydrogen) atoms. The van der Waals surface area contributed by atoms with Crippen molar-refractivity contribution in [3.63, 3.8) is 0 Å². The molecule has 0 bridgehead atoms. The van der Waals surface area contributed by atoms with Crippen LogP contribution in [-0.4, -0.2) is 43.3 Å². The Balaban J connectivity index is 4.30. The molecule has 0 saturated carbocycles. The third kappa shape index (κ3) is 5.85. The molecule has 0 aromatic rings. The molecule has 4 nitrogen and oxygen atoms in total. The van der Waals surface area contributed by atoms with Crippen LogP contribution in [0.25, 0.3) is 0 Å². The number of carbonyl (C=O) groups excluding carboxylic acids is 2. The Kier molecular flexibility index (Phi) is 7.81. The van der Waals surface area contributed by atoms with Gasteiger partial charge in [0.25, 0.3) is 0 Å². The van der Waals surface area contributed by atoms with Crippen molar-refractivity contribution in [2.24, 2.45) is 5.92 Å². The van der Waals surface area contributed by atoms with Crippen LogP contribution < -0.4 is 5.32 Å². The number of likely N-dealkylation sites (N-methyl/N-ethyl adjacent to an activating group) is 1. The number of carbonyl (C=O) groups is 2. The van der Waals surface area contributed by atoms with E-state index in [2.05, 4.69) is 12.2 Å². The SMILES string of the molecule is CCCCN(CC(=O)C(C)C)C(=O)CNC. The van der Waals surface area contributed by atoms with Crippen LogP contribution >= 0.6 is 0 Å². The monoisotopic (exact) mass is 228 g/mol. The lowest BCUT2D eigenvalue weighted by Gasteiger charge is -2.22. The number of ketones is 1. The Morgan fingerprint density at radius 2 is 1.94 bits per heavy atom. The second-order valence-electron chi connectivity index (χ2n) is 4.32. The second-order valence-corrected chi connectivity index (χ2v) is 4.32. The van der Waals surface area contributed by atoms with E-state index in [9.17, 15) is 9.59 Å². The van der Waals surface area contributed by atoms with Gasteiger partial charge in [-0.25, -0.2) is 0 Å². The highest BCUT2D eigenvalue weighted by molar-refractivity contribution is 5.87. The Morgan fingerprint density at radius 1 is 1.31 bits per heavy atom. The number of amides is 1. The van der Waals surface area contributed by atoms with Gasteiger partial charge in [-0.05, 0) is 13.5 Å². The third-order valence-corrected chi connectivity index (χ3v) is 2.45. The molecule has 0 aromatic carbocycles. The predicted octanol–water partition coefficient (Wildman–Crippen LogP) is 1.06. The van der Waals surface area contributed by atoms with E-state index in [1.54, 1.807) is 11.9 Å². The van der Waals surface area contributed by atoms with Crippen molar-refractivity contribution >= 4 is 11.7 Å². The zero-order valence-electron chi connectivity index (χ0n) is 10.9. The van der Waals surface area contributed by atoms with E-state index >= 15 is 0 Å². The van der Waals surface area contributed by atoms with Crippen LogP contribution in [-0.2, 0) is 9.59 Å². The molecule has 94 valence electrons. The van der Waals surface area contributed by atoms with E-state index in [1.165, 1.54) is 0 Å². The normalized spacial score (nSPS) is 10.6. The minimum absolute atomic E-state index is 0.00458. The number of rotatable bonds is 8. The van der Waals surface area contributed by atoms with E-state index in [-0.39, 0.29) is 24.2 Å². The maximum absolute atomic E-state index is 11.7. The molecule has 0 spiro atoms. The van der Waals surface area contributed by atoms with Crippen LogP contribution in [0.4, 0.5) is 0 Å². The van der Waals surface area contributed by atoms with Gasteiger partial charge >= 0.3 is 0 Å². The van der Waals surface area contributed by atoms with Gasteiger partial charge in [0.05, 0.1) is 13.1 Å². The number of nitrogens with one attached hydrogen (secondary N) is 1. The highest BCUT2D eigenvalue weighted by atomic mass is 16.2. The van der Waals surface area contributed by atoms with Crippen molar-refractivity contribution < 1.29 is 9.59 Å². The number of hydrogen-bond acceptors (Lipinski definition) is 3. The van der Waals surface area contributed by atoms with E-state index in [0.717, 1.165) is 12.8 Å². The van der Waals surface area contributed by atoms with Gasteiger partial charge in [0.15, 0.2) is 5.78 Å². The summed E-state index contributed by atoms with van der Waals surface area (Å²) < 4.78 is 0. The summed E-state index contributed by atoms with van der Waals surface area (Å²) in [6.45, 7) is 7.03. The Bertz CT molecular complexity index is 227. The van der Waals surface area contributed by atoms with Crippen LogP contribution in [0.1, 0.15) is 33.6 Å². The zero-order valence-corrected chi connectivity index (χ0v) is 10.9. The average molecular weight is 228 g/mol. The summed E-state index contributed by atoms with van der Waals surface area (Å²) in [7, 11) is 1.74. The largest absolute Gasteiger partial charge is 0.334 e. The van der Waals surface area contributed by atoms with Gasteiger partial charge in [0, 0.05) is 12.5 Å². The molecule has 0 aliphatic carbocycles. The highest BCUT2D eigenvalue weighted by Gasteiger charge is 2.17. The molecular formula is C12H24N2O2. The van der Waals surface area contributed by atoms with E-state index in [0.29, 0.717) is 13.1 Å². The fourth-order valence-corrected chi connectivity index (χ4v) is 1.27. The molecule has 0 aliphatic rings. The summed E-state index contributed by atoms with van der Waals surface area (Å²) in [6.07, 6.45) is 1.97. The van der Waals surface area contributed by atoms with Gasteiger partial charge in [-0.15, -0.1) is 0 Å². The van der Waals surface area contributed by atoms with Crippen molar-refractivity contribution in [3.8, 4) is 0 Å². The molecule has 0 rings (SSSR count). The number of Topliss-reactive ketones (excluding diaryl/α,β-unsaturated/α-hetero) is 1. The van der Waals surface area contributed by atoms with Crippen molar-refractivity contribution in [2.75, 3.05) is 26.7 Å². The third-order valence-electron chi connectivity index (χ3n) is 2.45. The lowest BCUT2D eigenvalue weighted by atomic mass is 10.1. The molecule has 0 aromatic heterocycles. The zero-order chi connectivity index (χ0) is 12.6. The fourth-order valence-electron chi connectivity index (χ4n) is 1.27. The number of nitrogens with zero attached hydrogens (tertiary/aromatic N) is 1. The van der Waals surface area contributed by atoms with Gasteiger partial charge in [-0.2, -0.15) is 0 Å². The Labute approximate surface area is 98.4 Å². The van der Waals surface area contributed by atoms with Crippen molar-refractivity contribution in [3.05, 3.63) is 0 Å². The quantitative estimate of drug-likeness (QED) is 0.676. The molecule has 0 radical (unpaired) electrons. The van der Waals surface area contributed by atoms with Gasteiger partial charge in [-0.1, -0.05) is 27.2 Å². The smallest absolute Gasteiger partial charge is 0.236 e. The second kappa shape index (κ2) is 8.28. The molecule has 0 aliphatic heterocycles. The Morgan fingerprint density at radius 3 is 2.38 bits per heavy atom. The first kappa shape index (κ1) is 15.1. The molecule has 0 unspecified atom stereocenters. The summed E-state index contributed by atoms with van der Waals surface area (Å²) in [4.78, 5) is 25.0. The van der Waals surface area contributed by atoms with E-state index in [4.69, 9.17) is 0 Å². The van der Waals surface area contributed by atoms with Crippen molar-refractivity contribution in [2.45, 2.75) is 33.6 Å². The number of hydrogen-bond donors (Lipinski definition) is 1. The molecule has 1 N–H and O–H groups in total. The predicted molar refractivity (Wildman–Crippen MR) is 65.3 cm³/mol. The molecular weight excluding hydrogens is 204 g/mol.